The van der Waals surface area contributed by atoms with Crippen LogP contribution >= 0.6 is 11.8 Å². The number of thioether (sulfide) groups is 1. The molecule has 1 fully saturated rings. The lowest BCUT2D eigenvalue weighted by molar-refractivity contribution is -0.114. The third-order valence-corrected chi connectivity index (χ3v) is 4.82. The van der Waals surface area contributed by atoms with E-state index in [4.69, 9.17) is 0 Å². The quantitative estimate of drug-likeness (QED) is 0.566. The molecule has 130 valence electrons. The molecular formula is C18H16N6OS. The first kappa shape index (κ1) is 16.5. The van der Waals surface area contributed by atoms with Crippen molar-refractivity contribution in [3.05, 3.63) is 71.6 Å². The molecule has 2 aromatic carbocycles. The molecule has 0 spiro atoms. The number of benzene rings is 2. The summed E-state index contributed by atoms with van der Waals surface area (Å²) in [5, 5.41) is 15.8. The number of anilines is 1. The Bertz CT molecular complexity index is 941. The van der Waals surface area contributed by atoms with Crippen LogP contribution in [-0.4, -0.2) is 32.2 Å². The lowest BCUT2D eigenvalue weighted by Crippen LogP contribution is -2.36. The van der Waals surface area contributed by atoms with E-state index in [2.05, 4.69) is 21.0 Å². The highest BCUT2D eigenvalue weighted by molar-refractivity contribution is 8.02. The van der Waals surface area contributed by atoms with Gasteiger partial charge in [0.2, 0.25) is 5.16 Å². The number of nitrogens with zero attached hydrogens (tertiary/aromatic N) is 5. The predicted octanol–water partition coefficient (Wildman–Crippen LogP) is 2.58. The maximum atomic E-state index is 12.8. The van der Waals surface area contributed by atoms with E-state index in [1.165, 1.54) is 11.8 Å². The molecule has 1 unspecified atom stereocenters. The van der Waals surface area contributed by atoms with E-state index in [0.29, 0.717) is 10.7 Å². The van der Waals surface area contributed by atoms with Gasteiger partial charge in [-0.1, -0.05) is 48.2 Å². The van der Waals surface area contributed by atoms with Gasteiger partial charge in [-0.05, 0) is 47.0 Å². The minimum Gasteiger partial charge on any atom is -0.267 e. The molecular weight excluding hydrogens is 348 g/mol. The van der Waals surface area contributed by atoms with Crippen LogP contribution in [0.25, 0.3) is 5.69 Å². The standard InChI is InChI=1S/C18H16N6OS/c1-13-16(17(25)23(20-13)14-8-4-2-5-9-14)12-26-18-19-21-22-24(18)15-10-6-3-7-11-15/h2-13,20H,1H3. The van der Waals surface area contributed by atoms with Crippen LogP contribution in [0.15, 0.2) is 76.8 Å². The summed E-state index contributed by atoms with van der Waals surface area (Å²) < 4.78 is 1.65. The molecule has 4 rings (SSSR count). The van der Waals surface area contributed by atoms with Gasteiger partial charge < -0.3 is 0 Å². The van der Waals surface area contributed by atoms with E-state index in [-0.39, 0.29) is 11.9 Å². The summed E-state index contributed by atoms with van der Waals surface area (Å²) in [4.78, 5) is 12.8. The fraction of sp³-hybridized carbons (Fsp3) is 0.111. The highest BCUT2D eigenvalue weighted by Crippen LogP contribution is 2.27. The second-order valence-electron chi connectivity index (χ2n) is 5.73. The molecule has 1 aliphatic heterocycles. The predicted molar refractivity (Wildman–Crippen MR) is 99.6 cm³/mol. The van der Waals surface area contributed by atoms with Gasteiger partial charge in [0.1, 0.15) is 0 Å². The van der Waals surface area contributed by atoms with Crippen molar-refractivity contribution < 1.29 is 4.79 Å². The Morgan fingerprint density at radius 1 is 1.04 bits per heavy atom. The van der Waals surface area contributed by atoms with E-state index in [1.54, 1.807) is 9.69 Å². The summed E-state index contributed by atoms with van der Waals surface area (Å²) in [6.45, 7) is 1.95. The summed E-state index contributed by atoms with van der Waals surface area (Å²) in [6, 6.07) is 19.0. The van der Waals surface area contributed by atoms with Gasteiger partial charge >= 0.3 is 0 Å². The van der Waals surface area contributed by atoms with Crippen molar-refractivity contribution in [1.82, 2.24) is 25.6 Å². The van der Waals surface area contributed by atoms with Gasteiger partial charge in [-0.2, -0.15) is 4.68 Å². The number of rotatable bonds is 4. The van der Waals surface area contributed by atoms with Crippen molar-refractivity contribution in [1.29, 1.82) is 0 Å². The Labute approximate surface area is 154 Å². The number of aromatic nitrogens is 4. The fourth-order valence-corrected chi connectivity index (χ4v) is 3.52. The van der Waals surface area contributed by atoms with Crippen LogP contribution < -0.4 is 10.4 Å². The molecule has 0 aliphatic carbocycles. The average Bonchev–Trinajstić information content (AvgIpc) is 3.26. The summed E-state index contributed by atoms with van der Waals surface area (Å²) in [7, 11) is 0. The molecule has 0 saturated carbocycles. The minimum absolute atomic E-state index is 0.0741. The van der Waals surface area contributed by atoms with Crippen LogP contribution in [0.2, 0.25) is 0 Å². The zero-order chi connectivity index (χ0) is 17.9. The molecule has 26 heavy (non-hydrogen) atoms. The zero-order valence-electron chi connectivity index (χ0n) is 14.0. The molecule has 1 amide bonds. The third-order valence-electron chi connectivity index (χ3n) is 3.99. The molecule has 1 aliphatic rings. The number of carbonyl (C=O) groups is 1. The molecule has 1 N–H and O–H groups in total. The number of amides is 1. The van der Waals surface area contributed by atoms with Gasteiger partial charge in [0.15, 0.2) is 0 Å². The molecule has 1 saturated heterocycles. The number of para-hydroxylation sites is 2. The first-order valence-electron chi connectivity index (χ1n) is 8.10. The van der Waals surface area contributed by atoms with Gasteiger partial charge in [0, 0.05) is 5.57 Å². The molecule has 0 radical (unpaired) electrons. The molecule has 1 atom stereocenters. The van der Waals surface area contributed by atoms with Crippen LogP contribution in [0.3, 0.4) is 0 Å². The molecule has 3 aromatic rings. The van der Waals surface area contributed by atoms with Crippen LogP contribution in [-0.2, 0) is 4.79 Å². The van der Waals surface area contributed by atoms with E-state index < -0.39 is 0 Å². The summed E-state index contributed by atoms with van der Waals surface area (Å²) in [6.07, 6.45) is 0. The van der Waals surface area contributed by atoms with Crippen molar-refractivity contribution in [3.8, 4) is 5.69 Å². The van der Waals surface area contributed by atoms with Crippen molar-refractivity contribution in [2.75, 3.05) is 5.01 Å². The Kier molecular flexibility index (Phi) is 4.51. The average molecular weight is 364 g/mol. The first-order chi connectivity index (χ1) is 12.7. The molecule has 7 nitrogen and oxygen atoms in total. The van der Waals surface area contributed by atoms with Gasteiger partial charge in [0.25, 0.3) is 5.91 Å². The largest absolute Gasteiger partial charge is 0.270 e. The Hall–Kier alpha value is -2.97. The number of hydrogen-bond donors (Lipinski definition) is 1. The lowest BCUT2D eigenvalue weighted by atomic mass is 10.2. The van der Waals surface area contributed by atoms with Gasteiger partial charge in [0.05, 0.1) is 17.4 Å². The highest BCUT2D eigenvalue weighted by Gasteiger charge is 2.33. The van der Waals surface area contributed by atoms with Crippen LogP contribution in [0.4, 0.5) is 5.69 Å². The SMILES string of the molecule is CC1NN(c2ccccc2)C(=O)C1=CSc1nnnn1-c1ccccc1. The fourth-order valence-electron chi connectivity index (χ4n) is 2.66. The van der Waals surface area contributed by atoms with E-state index in [1.807, 2.05) is 73.0 Å². The van der Waals surface area contributed by atoms with E-state index >= 15 is 0 Å². The zero-order valence-corrected chi connectivity index (χ0v) is 14.8. The molecule has 1 aromatic heterocycles. The van der Waals surface area contributed by atoms with Crippen LogP contribution in [0.1, 0.15) is 6.92 Å². The number of carbonyl (C=O) groups excluding carboxylic acids is 1. The smallest absolute Gasteiger partial charge is 0.267 e. The summed E-state index contributed by atoms with van der Waals surface area (Å²) >= 11 is 1.33. The first-order valence-corrected chi connectivity index (χ1v) is 8.98. The maximum absolute atomic E-state index is 12.8. The Balaban J connectivity index is 1.57. The number of hydrazine groups is 1. The van der Waals surface area contributed by atoms with Crippen LogP contribution in [0, 0.1) is 0 Å². The van der Waals surface area contributed by atoms with E-state index in [0.717, 1.165) is 11.4 Å². The van der Waals surface area contributed by atoms with Gasteiger partial charge in [-0.25, -0.2) is 10.4 Å². The van der Waals surface area contributed by atoms with Gasteiger partial charge in [-0.15, -0.1) is 5.10 Å². The number of hydrogen-bond acceptors (Lipinski definition) is 6. The third kappa shape index (κ3) is 3.12. The Morgan fingerprint density at radius 3 is 2.38 bits per heavy atom. The summed E-state index contributed by atoms with van der Waals surface area (Å²) in [5.41, 5.74) is 5.54. The second-order valence-corrected chi connectivity index (χ2v) is 6.56. The molecule has 8 heteroatoms. The monoisotopic (exact) mass is 364 g/mol. The maximum Gasteiger partial charge on any atom is 0.270 e. The Morgan fingerprint density at radius 2 is 1.69 bits per heavy atom. The van der Waals surface area contributed by atoms with Crippen LogP contribution in [0.5, 0.6) is 0 Å². The van der Waals surface area contributed by atoms with Crippen molar-refractivity contribution in [2.45, 2.75) is 18.1 Å². The normalized spacial score (nSPS) is 18.7. The number of nitrogens with one attached hydrogen (secondary N) is 1. The second kappa shape index (κ2) is 7.11. The minimum atomic E-state index is -0.101. The van der Waals surface area contributed by atoms with Gasteiger partial charge in [-0.3, -0.25) is 4.79 Å². The van der Waals surface area contributed by atoms with Crippen molar-refractivity contribution in [2.24, 2.45) is 0 Å². The highest BCUT2D eigenvalue weighted by atomic mass is 32.2. The number of tetrazole rings is 1. The molecule has 0 bridgehead atoms. The van der Waals surface area contributed by atoms with Crippen molar-refractivity contribution in [3.63, 3.8) is 0 Å². The lowest BCUT2D eigenvalue weighted by Gasteiger charge is -2.15. The summed E-state index contributed by atoms with van der Waals surface area (Å²) in [5.74, 6) is -0.0741. The van der Waals surface area contributed by atoms with E-state index in [9.17, 15) is 4.79 Å². The topological polar surface area (TPSA) is 75.9 Å². The van der Waals surface area contributed by atoms with Crippen molar-refractivity contribution >= 4 is 23.4 Å². The molecule has 2 heterocycles.